The van der Waals surface area contributed by atoms with Crippen LogP contribution in [0.5, 0.6) is 0 Å². The number of carbonyl (C=O) groups excluding carboxylic acids is 1. The van der Waals surface area contributed by atoms with Gasteiger partial charge < -0.3 is 10.4 Å². The second kappa shape index (κ2) is 9.03. The summed E-state index contributed by atoms with van der Waals surface area (Å²) in [6, 6.07) is 4.09. The maximum Gasteiger partial charge on any atom is 0.303 e. The maximum absolute atomic E-state index is 13.0. The molecule has 0 aliphatic carbocycles. The molecule has 1 fully saturated rings. The number of rotatable bonds is 7. The lowest BCUT2D eigenvalue weighted by atomic mass is 9.94. The van der Waals surface area contributed by atoms with Crippen LogP contribution in [0, 0.1) is 11.8 Å². The minimum Gasteiger partial charge on any atom is -0.481 e. The number of halogens is 1. The zero-order chi connectivity index (χ0) is 20.2. The van der Waals surface area contributed by atoms with Crippen molar-refractivity contribution in [3.05, 3.63) is 28.8 Å². The zero-order valence-corrected chi connectivity index (χ0v) is 17.0. The first-order valence-electron chi connectivity index (χ1n) is 8.91. The fraction of sp³-hybridized carbons (Fsp3) is 0.556. The highest BCUT2D eigenvalue weighted by molar-refractivity contribution is 7.89. The second-order valence-electron chi connectivity index (χ2n) is 7.16. The lowest BCUT2D eigenvalue weighted by Gasteiger charge is -2.34. The van der Waals surface area contributed by atoms with E-state index >= 15 is 0 Å². The minimum atomic E-state index is -3.72. The number of nitrogens with zero attached hydrogens (tertiary/aromatic N) is 1. The summed E-state index contributed by atoms with van der Waals surface area (Å²) in [4.78, 5) is 22.9. The van der Waals surface area contributed by atoms with Gasteiger partial charge in [0, 0.05) is 26.1 Å². The quantitative estimate of drug-likeness (QED) is 0.665. The molecule has 1 heterocycles. The predicted octanol–water partition coefficient (Wildman–Crippen LogP) is 2.60. The van der Waals surface area contributed by atoms with Gasteiger partial charge in [-0.05, 0) is 42.9 Å². The number of aliphatic carboxylic acids is 1. The maximum atomic E-state index is 13.0. The van der Waals surface area contributed by atoms with Gasteiger partial charge in [0.1, 0.15) is 0 Å². The molecule has 7 nitrogen and oxygen atoms in total. The Morgan fingerprint density at radius 1 is 1.26 bits per heavy atom. The van der Waals surface area contributed by atoms with Gasteiger partial charge in [0.25, 0.3) is 5.91 Å². The van der Waals surface area contributed by atoms with Gasteiger partial charge in [-0.1, -0.05) is 25.4 Å². The molecule has 0 spiro atoms. The fourth-order valence-corrected chi connectivity index (χ4v) is 5.24. The second-order valence-corrected chi connectivity index (χ2v) is 9.51. The number of carbonyl (C=O) groups is 2. The van der Waals surface area contributed by atoms with Gasteiger partial charge in [0.05, 0.1) is 15.5 Å². The number of benzene rings is 1. The molecular formula is C18H25ClN2O5S. The van der Waals surface area contributed by atoms with Crippen LogP contribution >= 0.6 is 11.6 Å². The molecule has 1 aliphatic heterocycles. The standard InChI is InChI=1S/C18H25ClN2O5S/c1-12-8-13(2)11-21(10-12)27(25,26)14-5-6-16(19)15(9-14)18(24)20-7-3-4-17(22)23/h5-6,9,12-13H,3-4,7-8,10-11H2,1-2H3,(H,20,24)(H,22,23). The molecule has 150 valence electrons. The first-order valence-corrected chi connectivity index (χ1v) is 10.7. The lowest BCUT2D eigenvalue weighted by Crippen LogP contribution is -2.42. The molecule has 0 aromatic heterocycles. The number of amides is 1. The van der Waals surface area contributed by atoms with Gasteiger partial charge in [0.2, 0.25) is 10.0 Å². The molecule has 2 N–H and O–H groups in total. The van der Waals surface area contributed by atoms with Gasteiger partial charge in [-0.15, -0.1) is 0 Å². The highest BCUT2D eigenvalue weighted by Crippen LogP contribution is 2.28. The number of sulfonamides is 1. The van der Waals surface area contributed by atoms with Crippen LogP contribution in [-0.4, -0.2) is 49.3 Å². The van der Waals surface area contributed by atoms with Crippen molar-refractivity contribution in [1.82, 2.24) is 9.62 Å². The first kappa shape index (κ1) is 21.7. The molecule has 1 aromatic rings. The van der Waals surface area contributed by atoms with Crippen LogP contribution in [0.4, 0.5) is 0 Å². The Hall–Kier alpha value is -1.64. The van der Waals surface area contributed by atoms with E-state index in [-0.39, 0.29) is 46.7 Å². The average molecular weight is 417 g/mol. The van der Waals surface area contributed by atoms with Crippen molar-refractivity contribution in [3.8, 4) is 0 Å². The van der Waals surface area contributed by atoms with Crippen LogP contribution in [0.3, 0.4) is 0 Å². The highest BCUT2D eigenvalue weighted by Gasteiger charge is 2.32. The van der Waals surface area contributed by atoms with Crippen LogP contribution in [-0.2, 0) is 14.8 Å². The summed E-state index contributed by atoms with van der Waals surface area (Å²) in [7, 11) is -3.72. The molecule has 1 aromatic carbocycles. The Labute approximate surface area is 164 Å². The smallest absolute Gasteiger partial charge is 0.303 e. The van der Waals surface area contributed by atoms with Crippen LogP contribution < -0.4 is 5.32 Å². The third-order valence-corrected chi connectivity index (χ3v) is 6.67. The molecule has 1 aliphatic rings. The van der Waals surface area contributed by atoms with Crippen molar-refractivity contribution in [2.75, 3.05) is 19.6 Å². The number of piperidine rings is 1. The fourth-order valence-electron chi connectivity index (χ4n) is 3.33. The van der Waals surface area contributed by atoms with Gasteiger partial charge in [-0.3, -0.25) is 9.59 Å². The summed E-state index contributed by atoms with van der Waals surface area (Å²) in [5.41, 5.74) is 0.0613. The molecular weight excluding hydrogens is 392 g/mol. The van der Waals surface area contributed by atoms with Crippen LogP contribution in [0.2, 0.25) is 5.02 Å². The Kier molecular flexibility index (Phi) is 7.25. The van der Waals surface area contributed by atoms with E-state index in [0.717, 1.165) is 6.42 Å². The normalized spacial score (nSPS) is 21.0. The largest absolute Gasteiger partial charge is 0.481 e. The van der Waals surface area contributed by atoms with Crippen LogP contribution in [0.15, 0.2) is 23.1 Å². The molecule has 1 amide bonds. The molecule has 27 heavy (non-hydrogen) atoms. The van der Waals surface area contributed by atoms with Crippen LogP contribution in [0.25, 0.3) is 0 Å². The Morgan fingerprint density at radius 2 is 1.89 bits per heavy atom. The van der Waals surface area contributed by atoms with E-state index in [1.54, 1.807) is 0 Å². The third kappa shape index (κ3) is 5.67. The van der Waals surface area contributed by atoms with Crippen molar-refractivity contribution < 1.29 is 23.1 Å². The molecule has 0 bridgehead atoms. The van der Waals surface area contributed by atoms with E-state index < -0.39 is 21.9 Å². The molecule has 2 rings (SSSR count). The van der Waals surface area contributed by atoms with Gasteiger partial charge >= 0.3 is 5.97 Å². The number of nitrogens with one attached hydrogen (secondary N) is 1. The van der Waals surface area contributed by atoms with Crippen molar-refractivity contribution in [2.45, 2.75) is 38.0 Å². The Morgan fingerprint density at radius 3 is 2.48 bits per heavy atom. The van der Waals surface area contributed by atoms with E-state index in [9.17, 15) is 18.0 Å². The van der Waals surface area contributed by atoms with Gasteiger partial charge in [-0.25, -0.2) is 8.42 Å². The summed E-state index contributed by atoms with van der Waals surface area (Å²) in [6.07, 6.45) is 1.20. The number of hydrogen-bond donors (Lipinski definition) is 2. The number of carboxylic acid groups (broad SMARTS) is 1. The zero-order valence-electron chi connectivity index (χ0n) is 15.4. The summed E-state index contributed by atoms with van der Waals surface area (Å²) < 4.78 is 27.4. The summed E-state index contributed by atoms with van der Waals surface area (Å²) in [6.45, 7) is 5.11. The Bertz CT molecular complexity index is 802. The molecule has 2 unspecified atom stereocenters. The highest BCUT2D eigenvalue weighted by atomic mass is 35.5. The summed E-state index contributed by atoms with van der Waals surface area (Å²) >= 11 is 6.07. The average Bonchev–Trinajstić information content (AvgIpc) is 2.57. The van der Waals surface area contributed by atoms with Gasteiger partial charge in [-0.2, -0.15) is 4.31 Å². The third-order valence-electron chi connectivity index (χ3n) is 4.51. The van der Waals surface area contributed by atoms with E-state index in [2.05, 4.69) is 5.32 Å². The van der Waals surface area contributed by atoms with E-state index in [1.165, 1.54) is 22.5 Å². The molecule has 0 radical (unpaired) electrons. The van der Waals surface area contributed by atoms with Crippen molar-refractivity contribution in [1.29, 1.82) is 0 Å². The van der Waals surface area contributed by atoms with Gasteiger partial charge in [0.15, 0.2) is 0 Å². The van der Waals surface area contributed by atoms with Crippen molar-refractivity contribution in [3.63, 3.8) is 0 Å². The molecule has 0 saturated carbocycles. The molecule has 2 atom stereocenters. The van der Waals surface area contributed by atoms with E-state index in [1.807, 2.05) is 13.8 Å². The number of carboxylic acids is 1. The van der Waals surface area contributed by atoms with Crippen LogP contribution in [0.1, 0.15) is 43.5 Å². The molecule has 9 heteroatoms. The topological polar surface area (TPSA) is 104 Å². The van der Waals surface area contributed by atoms with E-state index in [4.69, 9.17) is 16.7 Å². The summed E-state index contributed by atoms with van der Waals surface area (Å²) in [5.74, 6) is -0.927. The SMILES string of the molecule is CC1CC(C)CN(S(=O)(=O)c2ccc(Cl)c(C(=O)NCCCC(=O)O)c2)C1. The monoisotopic (exact) mass is 416 g/mol. The molecule has 1 saturated heterocycles. The van der Waals surface area contributed by atoms with Crippen molar-refractivity contribution in [2.24, 2.45) is 11.8 Å². The Balaban J connectivity index is 2.18. The predicted molar refractivity (Wildman–Crippen MR) is 102 cm³/mol. The van der Waals surface area contributed by atoms with Crippen molar-refractivity contribution >= 4 is 33.5 Å². The summed E-state index contributed by atoms with van der Waals surface area (Å²) in [5, 5.41) is 11.3. The lowest BCUT2D eigenvalue weighted by molar-refractivity contribution is -0.137. The first-order chi connectivity index (χ1) is 12.6. The minimum absolute atomic E-state index is 0.0314. The van der Waals surface area contributed by atoms with E-state index in [0.29, 0.717) is 13.1 Å². The number of hydrogen-bond acceptors (Lipinski definition) is 4.